The van der Waals surface area contributed by atoms with Crippen molar-refractivity contribution in [2.75, 3.05) is 32.8 Å². The third kappa shape index (κ3) is 4.31. The Bertz CT molecular complexity index is 713. The van der Waals surface area contributed by atoms with Crippen LogP contribution in [0.5, 0.6) is 0 Å². The van der Waals surface area contributed by atoms with Crippen LogP contribution in [0.1, 0.15) is 58.8 Å². The van der Waals surface area contributed by atoms with Gasteiger partial charge < -0.3 is 24.4 Å². The first kappa shape index (κ1) is 24.7. The first-order valence-corrected chi connectivity index (χ1v) is 12.1. The van der Waals surface area contributed by atoms with E-state index in [2.05, 4.69) is 13.5 Å². The van der Waals surface area contributed by atoms with Gasteiger partial charge in [0.15, 0.2) is 0 Å². The molecule has 0 aromatic rings. The lowest BCUT2D eigenvalue weighted by atomic mass is 9.70. The van der Waals surface area contributed by atoms with Crippen molar-refractivity contribution < 1.29 is 29.0 Å². The van der Waals surface area contributed by atoms with Gasteiger partial charge in [-0.25, -0.2) is 0 Å². The maximum absolute atomic E-state index is 13.9. The van der Waals surface area contributed by atoms with Gasteiger partial charge in [0.1, 0.15) is 11.6 Å². The molecule has 0 aliphatic carbocycles. The van der Waals surface area contributed by atoms with Gasteiger partial charge in [-0.05, 0) is 45.4 Å². The van der Waals surface area contributed by atoms with E-state index < -0.39 is 29.4 Å². The van der Waals surface area contributed by atoms with Gasteiger partial charge in [0.25, 0.3) is 0 Å². The van der Waals surface area contributed by atoms with Crippen LogP contribution in [0.25, 0.3) is 0 Å². The molecule has 3 rings (SSSR count). The number of carbonyl (C=O) groups excluding carboxylic acids is 3. The Balaban J connectivity index is 1.93. The van der Waals surface area contributed by atoms with E-state index in [1.165, 1.54) is 0 Å². The lowest BCUT2D eigenvalue weighted by Crippen LogP contribution is -2.56. The molecule has 5 atom stereocenters. The first-order chi connectivity index (χ1) is 15.5. The number of carbonyl (C=O) groups is 3. The summed E-state index contributed by atoms with van der Waals surface area (Å²) >= 11 is 0. The van der Waals surface area contributed by atoms with E-state index in [1.54, 1.807) is 22.8 Å². The highest BCUT2D eigenvalue weighted by molar-refractivity contribution is 5.98. The number of aliphatic hydroxyl groups excluding tert-OH is 1. The van der Waals surface area contributed by atoms with Crippen molar-refractivity contribution in [3.63, 3.8) is 0 Å². The lowest BCUT2D eigenvalue weighted by Gasteiger charge is -2.36. The molecule has 2 bridgehead atoms. The standard InChI is InChI=1S/C24H38N2O6/c1-4-7-14-25(13-5-2)22(29)20-24-12-11-17(32-24)18(23(30)31-6-3)19(24)21(28)26(20)15-9-8-10-16-27/h5,17-20,27H,2,4,6-16H2,1,3H3/t17-,18+,19+,20?,24?/m1/s1. The molecule has 2 unspecified atom stereocenters. The van der Waals surface area contributed by atoms with E-state index in [1.807, 2.05) is 0 Å². The molecular formula is C24H38N2O6. The Morgan fingerprint density at radius 1 is 1.31 bits per heavy atom. The molecule has 1 N–H and O–H groups in total. The van der Waals surface area contributed by atoms with E-state index in [0.29, 0.717) is 45.3 Å². The maximum atomic E-state index is 13.9. The fourth-order valence-corrected chi connectivity index (χ4v) is 5.72. The second-order valence-corrected chi connectivity index (χ2v) is 9.05. The van der Waals surface area contributed by atoms with Crippen molar-refractivity contribution >= 4 is 17.8 Å². The number of amides is 2. The fourth-order valence-electron chi connectivity index (χ4n) is 5.72. The summed E-state index contributed by atoms with van der Waals surface area (Å²) in [5, 5.41) is 9.10. The van der Waals surface area contributed by atoms with Gasteiger partial charge in [-0.2, -0.15) is 0 Å². The van der Waals surface area contributed by atoms with Crippen LogP contribution in [-0.4, -0.2) is 83.3 Å². The number of ether oxygens (including phenoxy) is 2. The Morgan fingerprint density at radius 2 is 2.09 bits per heavy atom. The topological polar surface area (TPSA) is 96.4 Å². The highest BCUT2D eigenvalue weighted by Gasteiger charge is 2.74. The van der Waals surface area contributed by atoms with Crippen LogP contribution in [0.4, 0.5) is 0 Å². The molecule has 2 amide bonds. The van der Waals surface area contributed by atoms with Gasteiger partial charge in [-0.1, -0.05) is 19.4 Å². The zero-order valence-corrected chi connectivity index (χ0v) is 19.5. The summed E-state index contributed by atoms with van der Waals surface area (Å²) in [6.45, 7) is 9.38. The SMILES string of the molecule is C=CCN(CCCC)C(=O)C1N(CCCCCO)C(=O)[C@@H]2[C@@H](C(=O)OCC)[C@H]3CCC12O3. The molecule has 32 heavy (non-hydrogen) atoms. The quantitative estimate of drug-likeness (QED) is 0.262. The second kappa shape index (κ2) is 10.8. The van der Waals surface area contributed by atoms with Crippen molar-refractivity contribution in [2.24, 2.45) is 11.8 Å². The number of likely N-dealkylation sites (tertiary alicyclic amines) is 1. The molecule has 3 heterocycles. The molecular weight excluding hydrogens is 412 g/mol. The van der Waals surface area contributed by atoms with Gasteiger partial charge in [0.2, 0.25) is 11.8 Å². The van der Waals surface area contributed by atoms with Gasteiger partial charge in [-0.15, -0.1) is 6.58 Å². The average molecular weight is 451 g/mol. The van der Waals surface area contributed by atoms with Crippen LogP contribution < -0.4 is 0 Å². The molecule has 8 heteroatoms. The summed E-state index contributed by atoms with van der Waals surface area (Å²) in [5.74, 6) is -2.04. The number of nitrogens with zero attached hydrogens (tertiary/aromatic N) is 2. The maximum Gasteiger partial charge on any atom is 0.312 e. The van der Waals surface area contributed by atoms with Crippen molar-refractivity contribution in [3.8, 4) is 0 Å². The number of rotatable bonds is 13. The number of unbranched alkanes of at least 4 members (excludes halogenated alkanes) is 3. The average Bonchev–Trinajstić information content (AvgIpc) is 3.41. The first-order valence-electron chi connectivity index (χ1n) is 12.1. The van der Waals surface area contributed by atoms with E-state index in [-0.39, 0.29) is 31.1 Å². The van der Waals surface area contributed by atoms with Crippen molar-refractivity contribution in [3.05, 3.63) is 12.7 Å². The zero-order valence-electron chi connectivity index (χ0n) is 19.5. The van der Waals surface area contributed by atoms with E-state index in [0.717, 1.165) is 19.3 Å². The van der Waals surface area contributed by atoms with Gasteiger partial charge in [0.05, 0.1) is 24.5 Å². The predicted octanol–water partition coefficient (Wildman–Crippen LogP) is 1.90. The summed E-state index contributed by atoms with van der Waals surface area (Å²) in [5.41, 5.74) is -0.973. The molecule has 3 saturated heterocycles. The fraction of sp³-hybridized carbons (Fsp3) is 0.792. The molecule has 180 valence electrons. The number of hydrogen-bond acceptors (Lipinski definition) is 6. The number of fused-ring (bicyclic) bond motifs is 1. The smallest absolute Gasteiger partial charge is 0.312 e. The summed E-state index contributed by atoms with van der Waals surface area (Å²) in [6, 6.07) is -0.740. The molecule has 1 spiro atoms. The molecule has 0 aromatic carbocycles. The third-order valence-corrected chi connectivity index (χ3v) is 7.09. The van der Waals surface area contributed by atoms with Crippen LogP contribution in [0.15, 0.2) is 12.7 Å². The Morgan fingerprint density at radius 3 is 2.75 bits per heavy atom. The van der Waals surface area contributed by atoms with Crippen LogP contribution >= 0.6 is 0 Å². The minimum Gasteiger partial charge on any atom is -0.466 e. The summed E-state index contributed by atoms with van der Waals surface area (Å²) < 4.78 is 11.7. The normalized spacial score (nSPS) is 30.5. The minimum atomic E-state index is -0.973. The zero-order chi connectivity index (χ0) is 23.3. The van der Waals surface area contributed by atoms with Crippen LogP contribution in [0.3, 0.4) is 0 Å². The van der Waals surface area contributed by atoms with Crippen LogP contribution in [0.2, 0.25) is 0 Å². The van der Waals surface area contributed by atoms with Crippen LogP contribution in [-0.2, 0) is 23.9 Å². The van der Waals surface area contributed by atoms with E-state index >= 15 is 0 Å². The number of aliphatic hydroxyl groups is 1. The third-order valence-electron chi connectivity index (χ3n) is 7.09. The molecule has 8 nitrogen and oxygen atoms in total. The van der Waals surface area contributed by atoms with Crippen molar-refractivity contribution in [1.29, 1.82) is 0 Å². The summed E-state index contributed by atoms with van der Waals surface area (Å²) in [7, 11) is 0. The van der Waals surface area contributed by atoms with Crippen LogP contribution in [0, 0.1) is 11.8 Å². The lowest BCUT2D eigenvalue weighted by molar-refractivity contribution is -0.155. The molecule has 3 aliphatic rings. The molecule has 0 saturated carbocycles. The second-order valence-electron chi connectivity index (χ2n) is 9.05. The number of esters is 1. The molecule has 0 radical (unpaired) electrons. The molecule has 3 fully saturated rings. The highest BCUT2D eigenvalue weighted by Crippen LogP contribution is 2.58. The van der Waals surface area contributed by atoms with E-state index in [9.17, 15) is 14.4 Å². The van der Waals surface area contributed by atoms with E-state index in [4.69, 9.17) is 14.6 Å². The minimum absolute atomic E-state index is 0.0999. The number of hydrogen-bond donors (Lipinski definition) is 1. The van der Waals surface area contributed by atoms with Gasteiger partial charge in [0, 0.05) is 26.2 Å². The van der Waals surface area contributed by atoms with Crippen molar-refractivity contribution in [2.45, 2.75) is 76.5 Å². The molecule has 3 aliphatic heterocycles. The summed E-state index contributed by atoms with van der Waals surface area (Å²) in [6.07, 6.45) is 6.47. The summed E-state index contributed by atoms with van der Waals surface area (Å²) in [4.78, 5) is 43.7. The van der Waals surface area contributed by atoms with Gasteiger partial charge in [-0.3, -0.25) is 14.4 Å². The largest absolute Gasteiger partial charge is 0.466 e. The molecule has 0 aromatic heterocycles. The monoisotopic (exact) mass is 450 g/mol. The van der Waals surface area contributed by atoms with Crippen molar-refractivity contribution in [1.82, 2.24) is 9.80 Å². The predicted molar refractivity (Wildman–Crippen MR) is 119 cm³/mol. The Hall–Kier alpha value is -1.93. The highest BCUT2D eigenvalue weighted by atomic mass is 16.6. The Labute approximate surface area is 190 Å². The Kier molecular flexibility index (Phi) is 8.33. The van der Waals surface area contributed by atoms with Gasteiger partial charge >= 0.3 is 5.97 Å².